The normalized spacial score (nSPS) is 14.2. The molecule has 0 aliphatic carbocycles. The van der Waals surface area contributed by atoms with Crippen LogP contribution in [-0.4, -0.2) is 39.1 Å². The molecule has 0 bridgehead atoms. The Morgan fingerprint density at radius 3 is 2.32 bits per heavy atom. The van der Waals surface area contributed by atoms with Crippen molar-refractivity contribution in [2.24, 2.45) is 11.8 Å². The van der Waals surface area contributed by atoms with Crippen LogP contribution >= 0.6 is 0 Å². The van der Waals surface area contributed by atoms with E-state index in [1.165, 1.54) is 25.7 Å². The SMILES string of the molecule is C=CCOC(COCCC(C)C)COCC(CC)CCCC. The van der Waals surface area contributed by atoms with Crippen molar-refractivity contribution >= 4 is 0 Å². The Balaban J connectivity index is 3.93. The molecule has 0 amide bonds. The molecule has 3 heteroatoms. The molecule has 0 N–H and O–H groups in total. The van der Waals surface area contributed by atoms with E-state index in [-0.39, 0.29) is 6.10 Å². The van der Waals surface area contributed by atoms with Gasteiger partial charge in [-0.05, 0) is 24.7 Å². The first-order chi connectivity index (χ1) is 10.6. The second kappa shape index (κ2) is 15.5. The summed E-state index contributed by atoms with van der Waals surface area (Å²) in [5.74, 6) is 1.34. The van der Waals surface area contributed by atoms with Crippen molar-refractivity contribution in [1.29, 1.82) is 0 Å². The van der Waals surface area contributed by atoms with Crippen LogP contribution < -0.4 is 0 Å². The van der Waals surface area contributed by atoms with Gasteiger partial charge in [0.1, 0.15) is 6.10 Å². The lowest BCUT2D eigenvalue weighted by molar-refractivity contribution is -0.0585. The number of unbranched alkanes of at least 4 members (excludes halogenated alkanes) is 1. The Kier molecular flexibility index (Phi) is 15.2. The molecular weight excluding hydrogens is 276 g/mol. The van der Waals surface area contributed by atoms with E-state index >= 15 is 0 Å². The van der Waals surface area contributed by atoms with E-state index in [0.29, 0.717) is 31.7 Å². The zero-order valence-corrected chi connectivity index (χ0v) is 15.3. The number of hydrogen-bond acceptors (Lipinski definition) is 3. The lowest BCUT2D eigenvalue weighted by atomic mass is 10.0. The van der Waals surface area contributed by atoms with Crippen LogP contribution in [0.4, 0.5) is 0 Å². The smallest absolute Gasteiger partial charge is 0.104 e. The summed E-state index contributed by atoms with van der Waals surface area (Å²) in [7, 11) is 0. The van der Waals surface area contributed by atoms with Gasteiger partial charge in [-0.1, -0.05) is 53.0 Å². The Morgan fingerprint density at radius 2 is 1.73 bits per heavy atom. The molecule has 2 atom stereocenters. The fourth-order valence-electron chi connectivity index (χ4n) is 2.15. The summed E-state index contributed by atoms with van der Waals surface area (Å²) in [6.45, 7) is 16.0. The van der Waals surface area contributed by atoms with Gasteiger partial charge in [-0.15, -0.1) is 6.58 Å². The van der Waals surface area contributed by atoms with Crippen LogP contribution in [0.15, 0.2) is 12.7 Å². The highest BCUT2D eigenvalue weighted by Gasteiger charge is 2.12. The molecule has 0 saturated heterocycles. The standard InChI is InChI=1S/C19H38O3/c1-6-9-10-18(8-3)14-21-16-19(22-12-7-2)15-20-13-11-17(4)5/h7,17-19H,2,6,8-16H2,1,3-5H3. The summed E-state index contributed by atoms with van der Waals surface area (Å²) < 4.78 is 17.3. The maximum Gasteiger partial charge on any atom is 0.104 e. The van der Waals surface area contributed by atoms with Crippen LogP contribution in [0.1, 0.15) is 59.8 Å². The minimum absolute atomic E-state index is 0.00819. The highest BCUT2D eigenvalue weighted by Crippen LogP contribution is 2.13. The van der Waals surface area contributed by atoms with Gasteiger partial charge >= 0.3 is 0 Å². The zero-order chi connectivity index (χ0) is 16.6. The predicted molar refractivity (Wildman–Crippen MR) is 94.3 cm³/mol. The first-order valence-electron chi connectivity index (χ1n) is 9.01. The highest BCUT2D eigenvalue weighted by atomic mass is 16.6. The zero-order valence-electron chi connectivity index (χ0n) is 15.3. The van der Waals surface area contributed by atoms with Crippen LogP contribution in [-0.2, 0) is 14.2 Å². The van der Waals surface area contributed by atoms with Gasteiger partial charge in [0.15, 0.2) is 0 Å². The fraction of sp³-hybridized carbons (Fsp3) is 0.895. The lowest BCUT2D eigenvalue weighted by Crippen LogP contribution is -2.27. The number of ether oxygens (including phenoxy) is 3. The van der Waals surface area contributed by atoms with E-state index < -0.39 is 0 Å². The molecule has 0 aromatic carbocycles. The van der Waals surface area contributed by atoms with E-state index in [9.17, 15) is 0 Å². The minimum Gasteiger partial charge on any atom is -0.379 e. The van der Waals surface area contributed by atoms with Gasteiger partial charge in [0, 0.05) is 13.2 Å². The van der Waals surface area contributed by atoms with Crippen molar-refractivity contribution < 1.29 is 14.2 Å². The van der Waals surface area contributed by atoms with E-state index in [2.05, 4.69) is 34.3 Å². The molecule has 0 aliphatic rings. The summed E-state index contributed by atoms with van der Waals surface area (Å²) in [6.07, 6.45) is 7.86. The van der Waals surface area contributed by atoms with Gasteiger partial charge in [0.05, 0.1) is 19.8 Å². The maximum atomic E-state index is 5.88. The highest BCUT2D eigenvalue weighted by molar-refractivity contribution is 4.67. The molecule has 0 fully saturated rings. The quantitative estimate of drug-likeness (QED) is 0.301. The largest absolute Gasteiger partial charge is 0.379 e. The van der Waals surface area contributed by atoms with Gasteiger partial charge in [-0.25, -0.2) is 0 Å². The number of rotatable bonds is 16. The summed E-state index contributed by atoms with van der Waals surface area (Å²) in [5.41, 5.74) is 0. The monoisotopic (exact) mass is 314 g/mol. The predicted octanol–water partition coefficient (Wildman–Crippen LogP) is 4.85. The van der Waals surface area contributed by atoms with Gasteiger partial charge in [0.2, 0.25) is 0 Å². The van der Waals surface area contributed by atoms with Gasteiger partial charge in [0.25, 0.3) is 0 Å². The van der Waals surface area contributed by atoms with Crippen molar-refractivity contribution in [2.45, 2.75) is 65.9 Å². The van der Waals surface area contributed by atoms with Crippen molar-refractivity contribution in [3.63, 3.8) is 0 Å². The van der Waals surface area contributed by atoms with Crippen molar-refractivity contribution in [3.05, 3.63) is 12.7 Å². The summed E-state index contributed by atoms with van der Waals surface area (Å²) in [6, 6.07) is 0. The second-order valence-electron chi connectivity index (χ2n) is 6.46. The van der Waals surface area contributed by atoms with Gasteiger partial charge in [-0.2, -0.15) is 0 Å². The molecule has 0 aromatic heterocycles. The number of hydrogen-bond donors (Lipinski definition) is 0. The second-order valence-corrected chi connectivity index (χ2v) is 6.46. The van der Waals surface area contributed by atoms with Crippen molar-refractivity contribution in [1.82, 2.24) is 0 Å². The summed E-state index contributed by atoms with van der Waals surface area (Å²) >= 11 is 0. The molecule has 3 nitrogen and oxygen atoms in total. The summed E-state index contributed by atoms with van der Waals surface area (Å²) in [5, 5.41) is 0. The molecule has 0 rings (SSSR count). The third-order valence-electron chi connectivity index (χ3n) is 3.79. The molecule has 0 aliphatic heterocycles. The third kappa shape index (κ3) is 13.3. The third-order valence-corrected chi connectivity index (χ3v) is 3.79. The van der Waals surface area contributed by atoms with Crippen LogP contribution in [0, 0.1) is 11.8 Å². The fourth-order valence-corrected chi connectivity index (χ4v) is 2.15. The van der Waals surface area contributed by atoms with Crippen LogP contribution in [0.5, 0.6) is 0 Å². The molecule has 0 radical (unpaired) electrons. The van der Waals surface area contributed by atoms with E-state index in [1.807, 2.05) is 0 Å². The first kappa shape index (κ1) is 21.6. The average Bonchev–Trinajstić information content (AvgIpc) is 2.51. The molecule has 0 heterocycles. The first-order valence-corrected chi connectivity index (χ1v) is 9.01. The molecule has 132 valence electrons. The van der Waals surface area contributed by atoms with Crippen LogP contribution in [0.3, 0.4) is 0 Å². The molecule has 2 unspecified atom stereocenters. The average molecular weight is 315 g/mol. The Morgan fingerprint density at radius 1 is 1.00 bits per heavy atom. The topological polar surface area (TPSA) is 27.7 Å². The molecule has 0 saturated carbocycles. The molecule has 22 heavy (non-hydrogen) atoms. The summed E-state index contributed by atoms with van der Waals surface area (Å²) in [4.78, 5) is 0. The Bertz CT molecular complexity index is 241. The van der Waals surface area contributed by atoms with Crippen LogP contribution in [0.2, 0.25) is 0 Å². The van der Waals surface area contributed by atoms with E-state index in [4.69, 9.17) is 14.2 Å². The van der Waals surface area contributed by atoms with E-state index in [0.717, 1.165) is 19.6 Å². The Labute approximate surface area is 138 Å². The molecular formula is C19H38O3. The van der Waals surface area contributed by atoms with Gasteiger partial charge < -0.3 is 14.2 Å². The van der Waals surface area contributed by atoms with Crippen molar-refractivity contribution in [3.8, 4) is 0 Å². The van der Waals surface area contributed by atoms with E-state index in [1.54, 1.807) is 6.08 Å². The Hall–Kier alpha value is -0.380. The van der Waals surface area contributed by atoms with Gasteiger partial charge in [-0.3, -0.25) is 0 Å². The maximum absolute atomic E-state index is 5.88. The molecule has 0 spiro atoms. The van der Waals surface area contributed by atoms with Crippen LogP contribution in [0.25, 0.3) is 0 Å². The minimum atomic E-state index is 0.00819. The molecule has 0 aromatic rings. The van der Waals surface area contributed by atoms with Crippen molar-refractivity contribution in [2.75, 3.05) is 33.0 Å². The lowest BCUT2D eigenvalue weighted by Gasteiger charge is -2.20.